The smallest absolute Gasteiger partial charge is 0.304 e. The minimum Gasteiger partial charge on any atom is -0.304 e. The zero-order valence-electron chi connectivity index (χ0n) is 29.6. The van der Waals surface area contributed by atoms with Crippen LogP contribution in [0.25, 0.3) is 53.7 Å². The van der Waals surface area contributed by atoms with E-state index in [-0.39, 0.29) is 25.7 Å². The predicted octanol–water partition coefficient (Wildman–Crippen LogP) is 12.0. The molecule has 8 rings (SSSR count). The molecule has 2 heterocycles. The number of rotatable bonds is 5. The normalized spacial score (nSPS) is 13.6. The van der Waals surface area contributed by atoms with Gasteiger partial charge < -0.3 is 4.98 Å². The first kappa shape index (κ1) is 27.5. The van der Waals surface area contributed by atoms with Gasteiger partial charge in [0.1, 0.15) is 0 Å². The maximum absolute atomic E-state index is 9.00. The van der Waals surface area contributed by atoms with Crippen molar-refractivity contribution in [2.75, 3.05) is 0 Å². The van der Waals surface area contributed by atoms with Gasteiger partial charge in [0, 0.05) is 16.4 Å². The summed E-state index contributed by atoms with van der Waals surface area (Å²) in [6.07, 6.45) is 1.45. The molecule has 0 fully saturated rings. The van der Waals surface area contributed by atoms with Gasteiger partial charge in [-0.1, -0.05) is 102 Å². The molecule has 1 unspecified atom stereocenters. The molecule has 0 bridgehead atoms. The van der Waals surface area contributed by atoms with Crippen LogP contribution in [0.1, 0.15) is 35.0 Å². The molecule has 8 aromatic rings. The number of benzene rings is 6. The van der Waals surface area contributed by atoms with Gasteiger partial charge in [0.05, 0.1) is 0 Å². The monoisotopic (exact) mass is 803 g/mol. The summed E-state index contributed by atoms with van der Waals surface area (Å²) in [7, 11) is 0. The molecule has 6 aromatic carbocycles. The Labute approximate surface area is 300 Å². The van der Waals surface area contributed by atoms with Crippen LogP contribution >= 0.6 is 11.3 Å². The third-order valence-corrected chi connectivity index (χ3v) is 9.23. The van der Waals surface area contributed by atoms with Crippen LogP contribution in [0.5, 0.6) is 0 Å². The first-order chi connectivity index (χ1) is 24.2. The van der Waals surface area contributed by atoms with E-state index in [2.05, 4.69) is 59.6 Å². The van der Waals surface area contributed by atoms with Crippen LogP contribution < -0.4 is 0 Å². The minimum absolute atomic E-state index is 0. The third kappa shape index (κ3) is 7.04. The molecule has 0 radical (unpaired) electrons. The maximum Gasteiger partial charge on any atom is 3.00 e. The van der Waals surface area contributed by atoms with Crippen LogP contribution in [0.4, 0.5) is 0 Å². The number of thiophene rings is 1. The van der Waals surface area contributed by atoms with E-state index in [4.69, 9.17) is 5.48 Å². The molecule has 0 saturated heterocycles. The van der Waals surface area contributed by atoms with E-state index >= 15 is 0 Å². The van der Waals surface area contributed by atoms with Gasteiger partial charge in [0.15, 0.2) is 0 Å². The number of fused-ring (bicyclic) bond motifs is 3. The van der Waals surface area contributed by atoms with Crippen LogP contribution in [-0.2, 0) is 20.1 Å². The van der Waals surface area contributed by atoms with Gasteiger partial charge in [-0.05, 0) is 52.1 Å². The number of hydrogen-bond donors (Lipinski definition) is 0. The van der Waals surface area contributed by atoms with Crippen LogP contribution in [0.3, 0.4) is 0 Å². The van der Waals surface area contributed by atoms with Crippen molar-refractivity contribution in [1.29, 1.82) is 0 Å². The molecule has 47 heavy (non-hydrogen) atoms. The first-order valence-corrected chi connectivity index (χ1v) is 15.9. The summed E-state index contributed by atoms with van der Waals surface area (Å²) >= 11 is 1.79. The van der Waals surface area contributed by atoms with Crippen LogP contribution in [0.2, 0.25) is 0 Å². The van der Waals surface area contributed by atoms with Gasteiger partial charge in [0.2, 0.25) is 0 Å². The number of hydrogen-bond acceptors (Lipinski definition) is 2. The molecular weight excluding hydrogens is 767 g/mol. The van der Waals surface area contributed by atoms with E-state index < -0.39 is 12.7 Å². The van der Waals surface area contributed by atoms with Crippen LogP contribution in [-0.4, -0.2) is 4.98 Å². The Morgan fingerprint density at radius 2 is 1.40 bits per heavy atom. The topological polar surface area (TPSA) is 12.9 Å². The molecule has 0 saturated carbocycles. The van der Waals surface area contributed by atoms with Crippen molar-refractivity contribution in [3.05, 3.63) is 187 Å². The fourth-order valence-corrected chi connectivity index (χ4v) is 6.81. The van der Waals surface area contributed by atoms with Gasteiger partial charge in [-0.15, -0.1) is 53.6 Å². The van der Waals surface area contributed by atoms with Crippen molar-refractivity contribution in [2.24, 2.45) is 0 Å². The Bertz CT molecular complexity index is 2390. The fraction of sp³-hybridized carbons (Fsp3) is 0.0682. The minimum atomic E-state index is -2.20. The zero-order valence-corrected chi connectivity index (χ0v) is 28.8. The quantitative estimate of drug-likeness (QED) is 0.158. The van der Waals surface area contributed by atoms with Crippen molar-refractivity contribution in [1.82, 2.24) is 4.98 Å². The van der Waals surface area contributed by atoms with Gasteiger partial charge in [-0.25, -0.2) is 11.1 Å². The summed E-state index contributed by atoms with van der Waals surface area (Å²) in [5.41, 5.74) is 7.36. The van der Waals surface area contributed by atoms with Crippen molar-refractivity contribution in [3.63, 3.8) is 0 Å². The van der Waals surface area contributed by atoms with Crippen LogP contribution in [0, 0.1) is 25.1 Å². The standard InChI is InChI=1S/C26H18S.C18H14N.Ir/c1-18(19-9-3-2-4-10-19)20-11-7-12-21(17-20)22-14-8-15-24-23-13-5-6-16-25(23)27-26(22)24;1-14-13-19-18(16-10-6-3-7-11-16)12-17(14)15-8-4-2-5-9-15;/h2-11,13,15-18H,1H3;2-10,12-13H,1H3;/q-2;-1;+3/i18D;1D3;. The summed E-state index contributed by atoms with van der Waals surface area (Å²) in [5, 5.41) is 2.54. The average molecular weight is 803 g/mol. The largest absolute Gasteiger partial charge is 3.00 e. The van der Waals surface area contributed by atoms with E-state index in [9.17, 15) is 0 Å². The van der Waals surface area contributed by atoms with Crippen molar-refractivity contribution >= 4 is 31.5 Å². The molecular formula is C44H32IrNS. The summed E-state index contributed by atoms with van der Waals surface area (Å²) < 4.78 is 34.7. The number of aryl methyl sites for hydroxylation is 1. The van der Waals surface area contributed by atoms with Crippen molar-refractivity contribution in [3.8, 4) is 33.5 Å². The predicted molar refractivity (Wildman–Crippen MR) is 195 cm³/mol. The Balaban J connectivity index is 0.000000178. The Kier molecular flexibility index (Phi) is 8.66. The molecule has 1 atom stereocenters. The molecule has 2 aromatic heterocycles. The SMILES string of the molecule is [2H]C(C)(c1ccccc1)c1cc[c-]c(-c2[c-]ccc3c2sc2ccccc23)c1.[2H]C([2H])([2H])c1cnc(-c2[c-]cccc2)cc1-c1ccccc1.[Ir+3]. The Hall–Kier alpha value is -4.66. The summed E-state index contributed by atoms with van der Waals surface area (Å²) in [6, 6.07) is 57.4. The van der Waals surface area contributed by atoms with E-state index in [0.29, 0.717) is 11.3 Å². The third-order valence-electron chi connectivity index (χ3n) is 8.02. The summed E-state index contributed by atoms with van der Waals surface area (Å²) in [6.45, 7) is -0.248. The van der Waals surface area contributed by atoms with Crippen LogP contribution in [0.15, 0.2) is 152 Å². The second kappa shape index (κ2) is 14.8. The van der Waals surface area contributed by atoms with E-state index in [1.54, 1.807) is 11.3 Å². The maximum atomic E-state index is 9.00. The first-order valence-electron chi connectivity index (χ1n) is 17.1. The Morgan fingerprint density at radius 1 is 0.681 bits per heavy atom. The molecule has 0 N–H and O–H groups in total. The molecule has 0 aliphatic heterocycles. The molecule has 0 amide bonds. The molecule has 0 aliphatic rings. The second-order valence-corrected chi connectivity index (χ2v) is 12.0. The zero-order chi connectivity index (χ0) is 34.7. The molecule has 3 heteroatoms. The van der Waals surface area contributed by atoms with Crippen molar-refractivity contribution in [2.45, 2.75) is 19.7 Å². The van der Waals surface area contributed by atoms with E-state index in [1.165, 1.54) is 26.4 Å². The number of aromatic nitrogens is 1. The van der Waals surface area contributed by atoms with Gasteiger partial charge in [-0.2, -0.15) is 41.7 Å². The van der Waals surface area contributed by atoms with Gasteiger partial charge in [0.25, 0.3) is 0 Å². The Morgan fingerprint density at radius 3 is 2.19 bits per heavy atom. The van der Waals surface area contributed by atoms with Gasteiger partial charge >= 0.3 is 20.1 Å². The van der Waals surface area contributed by atoms with Crippen molar-refractivity contribution < 1.29 is 25.6 Å². The average Bonchev–Trinajstić information content (AvgIpc) is 3.55. The summed E-state index contributed by atoms with van der Waals surface area (Å²) in [5.74, 6) is -0.820. The number of pyridine rings is 1. The molecule has 0 spiro atoms. The molecule has 228 valence electrons. The molecule has 0 aliphatic carbocycles. The second-order valence-electron chi connectivity index (χ2n) is 10.9. The van der Waals surface area contributed by atoms with Gasteiger partial charge in [-0.3, -0.25) is 0 Å². The fourth-order valence-electron chi connectivity index (χ4n) is 5.60. The number of nitrogens with zero attached hydrogens (tertiary/aromatic N) is 1. The van der Waals surface area contributed by atoms with E-state index in [0.717, 1.165) is 33.4 Å². The summed E-state index contributed by atoms with van der Waals surface area (Å²) in [4.78, 5) is 4.31. The molecule has 1 nitrogen and oxygen atoms in total. The van der Waals surface area contributed by atoms with E-state index in [1.807, 2.05) is 116 Å².